The average Bonchev–Trinajstić information content (AvgIpc) is 2.93. The molecule has 5 nitrogen and oxygen atoms in total. The summed E-state index contributed by atoms with van der Waals surface area (Å²) in [7, 11) is -2.65. The van der Waals surface area contributed by atoms with Crippen LogP contribution in [-0.2, 0) is 22.0 Å². The molecule has 0 saturated carbocycles. The Hall–Kier alpha value is -1.64. The Labute approximate surface area is 134 Å². The van der Waals surface area contributed by atoms with E-state index in [0.29, 0.717) is 17.5 Å². The number of anilines is 2. The third-order valence-electron chi connectivity index (χ3n) is 2.56. The quantitative estimate of drug-likeness (QED) is 0.556. The first-order chi connectivity index (χ1) is 10.1. The van der Waals surface area contributed by atoms with Gasteiger partial charge in [-0.2, -0.15) is 11.3 Å². The van der Waals surface area contributed by atoms with Crippen LogP contribution in [0.15, 0.2) is 41.1 Å². The van der Waals surface area contributed by atoms with Crippen molar-refractivity contribution < 1.29 is 13.2 Å². The van der Waals surface area contributed by atoms with Crippen molar-refractivity contribution in [3.8, 4) is 0 Å². The summed E-state index contributed by atoms with van der Waals surface area (Å²) in [6.07, 6.45) is 0.810. The molecule has 8 heteroatoms. The van der Waals surface area contributed by atoms with Gasteiger partial charge in [0.2, 0.25) is 10.9 Å². The van der Waals surface area contributed by atoms with E-state index < -0.39 is 10.9 Å². The van der Waals surface area contributed by atoms with E-state index in [0.717, 1.165) is 12.1 Å². The molecule has 0 atom stereocenters. The molecule has 0 aliphatic rings. The highest BCUT2D eigenvalue weighted by molar-refractivity contribution is 7.80. The summed E-state index contributed by atoms with van der Waals surface area (Å²) in [5.74, 6) is 0. The lowest BCUT2D eigenvalue weighted by Crippen LogP contribution is -2.14. The Bertz CT molecular complexity index is 644. The Morgan fingerprint density at radius 1 is 1.19 bits per heavy atom. The molecular weight excluding hydrogens is 328 g/mol. The molecule has 1 heterocycles. The zero-order chi connectivity index (χ0) is 15.1. The first kappa shape index (κ1) is 15.7. The molecule has 2 rings (SSSR count). The summed E-state index contributed by atoms with van der Waals surface area (Å²) in [4.78, 5) is 0. The van der Waals surface area contributed by atoms with Crippen LogP contribution in [0.2, 0.25) is 0 Å². The minimum absolute atomic E-state index is 0.292. The van der Waals surface area contributed by atoms with Gasteiger partial charge in [-0.25, -0.2) is 8.42 Å². The number of thiocarbonyl (C=S) groups is 1. The molecule has 2 N–H and O–H groups in total. The van der Waals surface area contributed by atoms with Gasteiger partial charge in [-0.05, 0) is 58.9 Å². The van der Waals surface area contributed by atoms with Crippen LogP contribution in [0.3, 0.4) is 0 Å². The molecule has 0 bridgehead atoms. The first-order valence-corrected chi connectivity index (χ1v) is 8.62. The Morgan fingerprint density at radius 3 is 2.52 bits per heavy atom. The van der Waals surface area contributed by atoms with Crippen LogP contribution in [0.5, 0.6) is 0 Å². The second-order valence-corrected chi connectivity index (χ2v) is 5.98. The van der Waals surface area contributed by atoms with E-state index in [1.165, 1.54) is 5.56 Å². The molecule has 0 aliphatic carbocycles. The lowest BCUT2D eigenvalue weighted by molar-refractivity contribution is 0.317. The maximum atomic E-state index is 10.5. The highest BCUT2D eigenvalue weighted by Gasteiger charge is 2.00. The summed E-state index contributed by atoms with van der Waals surface area (Å²) >= 11 is 6.74. The van der Waals surface area contributed by atoms with Crippen molar-refractivity contribution in [2.45, 2.75) is 6.42 Å². The molecule has 0 radical (unpaired) electrons. The second kappa shape index (κ2) is 7.96. The minimum Gasteiger partial charge on any atom is -0.470 e. The van der Waals surface area contributed by atoms with Crippen LogP contribution < -0.4 is 10.0 Å². The standard InChI is InChI=1S/C13H14N2O3S3/c16-21(17)15-12-3-1-11(2-4-12)14-13(19)18-7-5-10-6-8-20-9-10/h1-4,6,8-9,21H,5,7H2,(H,14,19)(H,15,16,17). The molecule has 1 aromatic carbocycles. The molecule has 1 aromatic heterocycles. The topological polar surface area (TPSA) is 67.4 Å². The highest BCUT2D eigenvalue weighted by Crippen LogP contribution is 2.14. The first-order valence-electron chi connectivity index (χ1n) is 6.09. The van der Waals surface area contributed by atoms with Crippen molar-refractivity contribution in [3.63, 3.8) is 0 Å². The monoisotopic (exact) mass is 342 g/mol. The number of benzene rings is 1. The second-order valence-electron chi connectivity index (χ2n) is 4.09. The normalized spacial score (nSPS) is 10.3. The Balaban J connectivity index is 1.76. The predicted molar refractivity (Wildman–Crippen MR) is 90.6 cm³/mol. The van der Waals surface area contributed by atoms with Crippen LogP contribution in [-0.4, -0.2) is 20.2 Å². The van der Waals surface area contributed by atoms with Gasteiger partial charge in [-0.1, -0.05) is 0 Å². The third kappa shape index (κ3) is 5.70. The van der Waals surface area contributed by atoms with Crippen LogP contribution in [0.4, 0.5) is 11.4 Å². The molecule has 0 spiro atoms. The van der Waals surface area contributed by atoms with Crippen LogP contribution in [0, 0.1) is 0 Å². The average molecular weight is 342 g/mol. The number of hydrogen-bond acceptors (Lipinski definition) is 5. The maximum absolute atomic E-state index is 10.5. The van der Waals surface area contributed by atoms with Crippen molar-refractivity contribution in [3.05, 3.63) is 46.7 Å². The number of nitrogens with one attached hydrogen (secondary N) is 2. The number of rotatable bonds is 6. The largest absolute Gasteiger partial charge is 0.470 e. The fourth-order valence-corrected chi connectivity index (χ4v) is 2.85. The van der Waals surface area contributed by atoms with Crippen molar-refractivity contribution in [2.75, 3.05) is 16.6 Å². The lowest BCUT2D eigenvalue weighted by atomic mass is 10.3. The third-order valence-corrected chi connectivity index (χ3v) is 3.95. The van der Waals surface area contributed by atoms with Gasteiger partial charge in [0, 0.05) is 17.8 Å². The fraction of sp³-hybridized carbons (Fsp3) is 0.154. The number of hydrogen-bond donors (Lipinski definition) is 3. The van der Waals surface area contributed by atoms with E-state index in [2.05, 4.69) is 21.5 Å². The van der Waals surface area contributed by atoms with E-state index in [1.807, 2.05) is 5.38 Å². The van der Waals surface area contributed by atoms with Gasteiger partial charge in [0.05, 0.1) is 6.61 Å². The molecule has 0 unspecified atom stereocenters. The van der Waals surface area contributed by atoms with Crippen molar-refractivity contribution in [1.29, 1.82) is 0 Å². The molecule has 0 fully saturated rings. The fourth-order valence-electron chi connectivity index (χ4n) is 1.58. The number of thiophene rings is 1. The summed E-state index contributed by atoms with van der Waals surface area (Å²) in [5.41, 5.74) is 2.47. The van der Waals surface area contributed by atoms with Crippen LogP contribution in [0.1, 0.15) is 5.56 Å². The molecule has 21 heavy (non-hydrogen) atoms. The molecule has 0 aliphatic heterocycles. The van der Waals surface area contributed by atoms with Gasteiger partial charge < -0.3 is 10.1 Å². The van der Waals surface area contributed by atoms with E-state index in [-0.39, 0.29) is 0 Å². The van der Waals surface area contributed by atoms with Crippen LogP contribution in [0.25, 0.3) is 0 Å². The van der Waals surface area contributed by atoms with Crippen molar-refractivity contribution in [1.82, 2.24) is 0 Å². The molecule has 112 valence electrons. The molecule has 2 aromatic rings. The highest BCUT2D eigenvalue weighted by atomic mass is 32.2. The van der Waals surface area contributed by atoms with Crippen molar-refractivity contribution in [2.24, 2.45) is 0 Å². The number of thiol groups is 1. The van der Waals surface area contributed by atoms with Gasteiger partial charge in [0.25, 0.3) is 5.17 Å². The molecule has 0 saturated heterocycles. The number of ether oxygens (including phenoxy) is 1. The maximum Gasteiger partial charge on any atom is 0.261 e. The molecular formula is C13H14N2O3S3. The van der Waals surface area contributed by atoms with Gasteiger partial charge in [-0.3, -0.25) is 4.72 Å². The SMILES string of the molecule is O=[SH](=O)Nc1ccc(NC(=S)OCCc2ccsc2)cc1. The zero-order valence-electron chi connectivity index (χ0n) is 10.9. The van der Waals surface area contributed by atoms with Gasteiger partial charge >= 0.3 is 0 Å². The Kier molecular flexibility index (Phi) is 5.97. The summed E-state index contributed by atoms with van der Waals surface area (Å²) in [6, 6.07) is 8.77. The molecule has 0 amide bonds. The van der Waals surface area contributed by atoms with E-state index >= 15 is 0 Å². The minimum atomic E-state index is -2.65. The van der Waals surface area contributed by atoms with E-state index in [9.17, 15) is 8.42 Å². The summed E-state index contributed by atoms with van der Waals surface area (Å²) in [5, 5.41) is 7.33. The zero-order valence-corrected chi connectivity index (χ0v) is 13.5. The van der Waals surface area contributed by atoms with Crippen LogP contribution >= 0.6 is 23.6 Å². The van der Waals surface area contributed by atoms with Gasteiger partial charge in [0.15, 0.2) is 0 Å². The van der Waals surface area contributed by atoms with Crippen molar-refractivity contribution >= 4 is 51.0 Å². The van der Waals surface area contributed by atoms with Gasteiger partial charge in [0.1, 0.15) is 0 Å². The lowest BCUT2D eigenvalue weighted by Gasteiger charge is -2.10. The Morgan fingerprint density at radius 2 is 1.90 bits per heavy atom. The van der Waals surface area contributed by atoms with E-state index in [4.69, 9.17) is 17.0 Å². The smallest absolute Gasteiger partial charge is 0.261 e. The predicted octanol–water partition coefficient (Wildman–Crippen LogP) is 2.64. The van der Waals surface area contributed by atoms with E-state index in [1.54, 1.807) is 35.6 Å². The van der Waals surface area contributed by atoms with Gasteiger partial charge in [-0.15, -0.1) is 0 Å². The summed E-state index contributed by atoms with van der Waals surface area (Å²) in [6.45, 7) is 0.513. The summed E-state index contributed by atoms with van der Waals surface area (Å²) < 4.78 is 28.8.